The smallest absolute Gasteiger partial charge is 0.290 e. The van der Waals surface area contributed by atoms with Gasteiger partial charge in [0.2, 0.25) is 10.0 Å². The van der Waals surface area contributed by atoms with Crippen molar-refractivity contribution in [3.8, 4) is 0 Å². The van der Waals surface area contributed by atoms with E-state index in [9.17, 15) is 18.5 Å². The lowest BCUT2D eigenvalue weighted by atomic mass is 10.0. The summed E-state index contributed by atoms with van der Waals surface area (Å²) in [7, 11) is -3.91. The van der Waals surface area contributed by atoms with Crippen LogP contribution in [0.4, 0.5) is 5.69 Å². The summed E-state index contributed by atoms with van der Waals surface area (Å²) in [4.78, 5) is 10.1. The maximum atomic E-state index is 12.5. The molecule has 1 aromatic carbocycles. The fraction of sp³-hybridized carbons (Fsp3) is 0.538. The Labute approximate surface area is 149 Å². The fourth-order valence-electron chi connectivity index (χ4n) is 3.30. The molecule has 3 rings (SSSR count). The van der Waals surface area contributed by atoms with Crippen LogP contribution in [-0.2, 0) is 10.0 Å². The summed E-state index contributed by atoms with van der Waals surface area (Å²) in [6.45, 7) is 0. The van der Waals surface area contributed by atoms with Crippen LogP contribution in [0, 0.1) is 10.1 Å². The summed E-state index contributed by atoms with van der Waals surface area (Å²) in [5.74, 6) is 0. The SMILES string of the molecule is Cl.O=[N+]([O-])c1cc(Br)ccc1S(=O)(=O)NC1CC2CCC(C1)N2. The van der Waals surface area contributed by atoms with Crippen molar-refractivity contribution in [2.24, 2.45) is 0 Å². The Kier molecular flexibility index (Phi) is 5.68. The predicted octanol–water partition coefficient (Wildman–Crippen LogP) is 2.34. The van der Waals surface area contributed by atoms with Crippen LogP contribution < -0.4 is 10.0 Å². The highest BCUT2D eigenvalue weighted by atomic mass is 79.9. The molecule has 128 valence electrons. The van der Waals surface area contributed by atoms with E-state index < -0.39 is 20.6 Å². The van der Waals surface area contributed by atoms with Gasteiger partial charge in [0.05, 0.1) is 4.92 Å². The van der Waals surface area contributed by atoms with Gasteiger partial charge in [-0.3, -0.25) is 10.1 Å². The van der Waals surface area contributed by atoms with Gasteiger partial charge in [-0.15, -0.1) is 12.4 Å². The lowest BCUT2D eigenvalue weighted by Crippen LogP contribution is -2.47. The highest BCUT2D eigenvalue weighted by molar-refractivity contribution is 9.10. The molecule has 1 aromatic rings. The molecule has 10 heteroatoms. The first-order valence-electron chi connectivity index (χ1n) is 7.07. The normalized spacial score (nSPS) is 26.6. The van der Waals surface area contributed by atoms with Crippen molar-refractivity contribution >= 4 is 44.0 Å². The van der Waals surface area contributed by atoms with Crippen LogP contribution in [0.2, 0.25) is 0 Å². The molecular weight excluding hydrogens is 410 g/mol. The molecule has 2 bridgehead atoms. The number of fused-ring (bicyclic) bond motifs is 2. The lowest BCUT2D eigenvalue weighted by Gasteiger charge is -2.29. The number of rotatable bonds is 4. The highest BCUT2D eigenvalue weighted by Gasteiger charge is 2.36. The Bertz CT molecular complexity index is 703. The first-order chi connectivity index (χ1) is 10.3. The van der Waals surface area contributed by atoms with Gasteiger partial charge in [0, 0.05) is 28.7 Å². The van der Waals surface area contributed by atoms with E-state index in [0.29, 0.717) is 16.6 Å². The number of nitrogens with one attached hydrogen (secondary N) is 2. The maximum Gasteiger partial charge on any atom is 0.290 e. The molecule has 2 saturated heterocycles. The Balaban J connectivity index is 0.00000192. The number of benzene rings is 1. The molecular formula is C13H17BrClN3O4S. The number of sulfonamides is 1. The standard InChI is InChI=1S/C13H16BrN3O4S.ClH/c14-8-1-4-13(12(5-8)17(18)19)22(20,21)16-11-6-9-2-3-10(7-11)15-9;/h1,4-5,9-11,15-16H,2-3,6-7H2;1H. The molecule has 0 amide bonds. The molecule has 23 heavy (non-hydrogen) atoms. The predicted molar refractivity (Wildman–Crippen MR) is 91.3 cm³/mol. The number of nitro groups is 1. The monoisotopic (exact) mass is 425 g/mol. The van der Waals surface area contributed by atoms with Crippen LogP contribution in [-0.4, -0.2) is 31.5 Å². The number of hydrogen-bond donors (Lipinski definition) is 2. The third-order valence-electron chi connectivity index (χ3n) is 4.20. The minimum absolute atomic E-state index is 0. The van der Waals surface area contributed by atoms with Gasteiger partial charge in [0.25, 0.3) is 5.69 Å². The van der Waals surface area contributed by atoms with Crippen molar-refractivity contribution in [1.29, 1.82) is 0 Å². The summed E-state index contributed by atoms with van der Waals surface area (Å²) in [6.07, 6.45) is 3.56. The molecule has 0 spiro atoms. The largest absolute Gasteiger partial charge is 0.311 e. The van der Waals surface area contributed by atoms with Crippen LogP contribution in [0.5, 0.6) is 0 Å². The number of piperidine rings is 1. The van der Waals surface area contributed by atoms with Gasteiger partial charge in [0.1, 0.15) is 0 Å². The zero-order chi connectivity index (χ0) is 15.9. The summed E-state index contributed by atoms with van der Waals surface area (Å²) in [5.41, 5.74) is -0.418. The van der Waals surface area contributed by atoms with Gasteiger partial charge < -0.3 is 5.32 Å². The maximum absolute atomic E-state index is 12.5. The molecule has 0 radical (unpaired) electrons. The molecule has 7 nitrogen and oxygen atoms in total. The molecule has 2 aliphatic rings. The molecule has 2 aliphatic heterocycles. The molecule has 0 aromatic heterocycles. The second-order valence-electron chi connectivity index (χ2n) is 5.80. The highest BCUT2D eigenvalue weighted by Crippen LogP contribution is 2.30. The number of halogens is 2. The molecule has 2 atom stereocenters. The van der Waals surface area contributed by atoms with Crippen molar-refractivity contribution < 1.29 is 13.3 Å². The summed E-state index contributed by atoms with van der Waals surface area (Å²) in [6, 6.07) is 4.47. The van der Waals surface area contributed by atoms with Crippen LogP contribution in [0.1, 0.15) is 25.7 Å². The second-order valence-corrected chi connectivity index (χ2v) is 8.39. The van der Waals surface area contributed by atoms with Crippen LogP contribution >= 0.6 is 28.3 Å². The van der Waals surface area contributed by atoms with Gasteiger partial charge in [-0.25, -0.2) is 13.1 Å². The van der Waals surface area contributed by atoms with E-state index >= 15 is 0 Å². The van der Waals surface area contributed by atoms with Crippen LogP contribution in [0.25, 0.3) is 0 Å². The Morgan fingerprint density at radius 3 is 2.43 bits per heavy atom. The van der Waals surface area contributed by atoms with Gasteiger partial charge in [-0.05, 0) is 37.8 Å². The Morgan fingerprint density at radius 1 is 1.26 bits per heavy atom. The second kappa shape index (κ2) is 7.02. The van der Waals surface area contributed by atoms with Gasteiger partial charge in [-0.2, -0.15) is 0 Å². The van der Waals surface area contributed by atoms with E-state index in [1.54, 1.807) is 0 Å². The topological polar surface area (TPSA) is 101 Å². The minimum Gasteiger partial charge on any atom is -0.311 e. The molecule has 2 heterocycles. The van der Waals surface area contributed by atoms with Gasteiger partial charge in [0.15, 0.2) is 4.90 Å². The van der Waals surface area contributed by atoms with Crippen LogP contribution in [0.3, 0.4) is 0 Å². The van der Waals surface area contributed by atoms with E-state index in [1.807, 2.05) is 0 Å². The van der Waals surface area contributed by atoms with Crippen molar-refractivity contribution in [2.45, 2.75) is 48.7 Å². The number of nitrogens with zero attached hydrogens (tertiary/aromatic N) is 1. The third kappa shape index (κ3) is 4.03. The zero-order valence-corrected chi connectivity index (χ0v) is 15.3. The third-order valence-corrected chi connectivity index (χ3v) is 6.26. The Morgan fingerprint density at radius 2 is 1.87 bits per heavy atom. The number of nitro benzene ring substituents is 1. The molecule has 2 N–H and O–H groups in total. The lowest BCUT2D eigenvalue weighted by molar-refractivity contribution is -0.387. The summed E-state index contributed by atoms with van der Waals surface area (Å²) >= 11 is 3.13. The van der Waals surface area contributed by atoms with E-state index in [1.165, 1.54) is 18.2 Å². The zero-order valence-electron chi connectivity index (χ0n) is 12.1. The molecule has 0 aliphatic carbocycles. The van der Waals surface area contributed by atoms with Crippen molar-refractivity contribution in [3.05, 3.63) is 32.8 Å². The first kappa shape index (κ1) is 18.6. The van der Waals surface area contributed by atoms with E-state index in [0.717, 1.165) is 25.7 Å². The van der Waals surface area contributed by atoms with E-state index in [2.05, 4.69) is 26.0 Å². The number of hydrogen-bond acceptors (Lipinski definition) is 5. The summed E-state index contributed by atoms with van der Waals surface area (Å²) < 4.78 is 28.1. The average molecular weight is 427 g/mol. The van der Waals surface area contributed by atoms with E-state index in [-0.39, 0.29) is 23.3 Å². The quantitative estimate of drug-likeness (QED) is 0.568. The van der Waals surface area contributed by atoms with Crippen molar-refractivity contribution in [2.75, 3.05) is 0 Å². The summed E-state index contributed by atoms with van der Waals surface area (Å²) in [5, 5.41) is 14.5. The molecule has 0 saturated carbocycles. The Hall–Kier alpha value is -0.740. The fourth-order valence-corrected chi connectivity index (χ4v) is 5.06. The average Bonchev–Trinajstić information content (AvgIpc) is 2.77. The van der Waals surface area contributed by atoms with Gasteiger partial charge >= 0.3 is 0 Å². The minimum atomic E-state index is -3.91. The van der Waals surface area contributed by atoms with Crippen LogP contribution in [0.15, 0.2) is 27.6 Å². The first-order valence-corrected chi connectivity index (χ1v) is 9.35. The van der Waals surface area contributed by atoms with Gasteiger partial charge in [-0.1, -0.05) is 15.9 Å². The molecule has 2 unspecified atom stereocenters. The van der Waals surface area contributed by atoms with Crippen molar-refractivity contribution in [1.82, 2.24) is 10.0 Å². The van der Waals surface area contributed by atoms with Crippen molar-refractivity contribution in [3.63, 3.8) is 0 Å². The van der Waals surface area contributed by atoms with E-state index in [4.69, 9.17) is 0 Å². The molecule has 2 fully saturated rings.